The number of hydrogen-bond acceptors (Lipinski definition) is 3. The van der Waals surface area contributed by atoms with Gasteiger partial charge in [0, 0.05) is 11.7 Å². The van der Waals surface area contributed by atoms with Crippen molar-refractivity contribution in [2.75, 3.05) is 12.3 Å². The Kier molecular flexibility index (Phi) is 5.66. The van der Waals surface area contributed by atoms with Crippen molar-refractivity contribution in [1.29, 1.82) is 0 Å². The number of carbonyl (C=O) groups is 1. The number of alkyl halides is 3. The van der Waals surface area contributed by atoms with Gasteiger partial charge in [-0.2, -0.15) is 13.2 Å². The van der Waals surface area contributed by atoms with Crippen molar-refractivity contribution in [2.24, 2.45) is 0 Å². The predicted octanol–water partition coefficient (Wildman–Crippen LogP) is 2.49. The maximum absolute atomic E-state index is 12.1. The Morgan fingerprint density at radius 2 is 1.95 bits per heavy atom. The Morgan fingerprint density at radius 1 is 1.35 bits per heavy atom. The standard InChI is InChI=1S/C13H17F3N2O2/c1-9(8-13(14,15)16)18-12(19)6-7-20-11-4-2-10(17)3-5-11/h2-5,9H,6-8,17H2,1H3,(H,18,19). The minimum atomic E-state index is -4.28. The quantitative estimate of drug-likeness (QED) is 0.791. The van der Waals surface area contributed by atoms with Crippen LogP contribution in [0.1, 0.15) is 19.8 Å². The topological polar surface area (TPSA) is 64.3 Å². The number of nitrogen functional groups attached to an aromatic ring is 1. The summed E-state index contributed by atoms with van der Waals surface area (Å²) < 4.78 is 41.5. The molecule has 0 spiro atoms. The smallest absolute Gasteiger partial charge is 0.391 e. The van der Waals surface area contributed by atoms with E-state index in [0.29, 0.717) is 11.4 Å². The molecule has 1 aromatic rings. The highest BCUT2D eigenvalue weighted by Crippen LogP contribution is 2.21. The van der Waals surface area contributed by atoms with Crippen LogP contribution in [0.25, 0.3) is 0 Å². The number of nitrogens with one attached hydrogen (secondary N) is 1. The van der Waals surface area contributed by atoms with Gasteiger partial charge in [0.1, 0.15) is 5.75 Å². The van der Waals surface area contributed by atoms with Crippen LogP contribution in [-0.4, -0.2) is 24.7 Å². The number of hydrogen-bond donors (Lipinski definition) is 2. The largest absolute Gasteiger partial charge is 0.493 e. The fraction of sp³-hybridized carbons (Fsp3) is 0.462. The minimum Gasteiger partial charge on any atom is -0.493 e. The molecular formula is C13H17F3N2O2. The number of anilines is 1. The van der Waals surface area contributed by atoms with Crippen LogP contribution in [0.15, 0.2) is 24.3 Å². The summed E-state index contributed by atoms with van der Waals surface area (Å²) in [7, 11) is 0. The Hall–Kier alpha value is -1.92. The maximum atomic E-state index is 12.1. The first-order chi connectivity index (χ1) is 9.26. The molecule has 0 aliphatic rings. The van der Waals surface area contributed by atoms with Gasteiger partial charge in [0.2, 0.25) is 5.91 Å². The average molecular weight is 290 g/mol. The number of carbonyl (C=O) groups excluding carboxylic acids is 1. The highest BCUT2D eigenvalue weighted by Gasteiger charge is 2.30. The second-order valence-electron chi connectivity index (χ2n) is 4.46. The Balaban J connectivity index is 2.25. The molecule has 1 atom stereocenters. The van der Waals surface area contributed by atoms with Crippen molar-refractivity contribution < 1.29 is 22.7 Å². The van der Waals surface area contributed by atoms with Crippen LogP contribution in [0.5, 0.6) is 5.75 Å². The zero-order chi connectivity index (χ0) is 15.2. The third-order valence-electron chi connectivity index (χ3n) is 2.42. The molecule has 7 heteroatoms. The van der Waals surface area contributed by atoms with Gasteiger partial charge in [-0.3, -0.25) is 4.79 Å². The van der Waals surface area contributed by atoms with Crippen LogP contribution in [0, 0.1) is 0 Å². The summed E-state index contributed by atoms with van der Waals surface area (Å²) in [5.74, 6) is 0.0764. The number of amides is 1. The maximum Gasteiger partial charge on any atom is 0.391 e. The highest BCUT2D eigenvalue weighted by molar-refractivity contribution is 5.76. The summed E-state index contributed by atoms with van der Waals surface area (Å²) in [4.78, 5) is 11.4. The van der Waals surface area contributed by atoms with Crippen molar-refractivity contribution in [3.05, 3.63) is 24.3 Å². The first-order valence-corrected chi connectivity index (χ1v) is 6.11. The van der Waals surface area contributed by atoms with E-state index in [0.717, 1.165) is 0 Å². The molecule has 0 aromatic heterocycles. The van der Waals surface area contributed by atoms with Crippen LogP contribution in [0.2, 0.25) is 0 Å². The fourth-order valence-electron chi connectivity index (χ4n) is 1.57. The first kappa shape index (κ1) is 16.1. The van der Waals surface area contributed by atoms with Gasteiger partial charge in [0.25, 0.3) is 0 Å². The average Bonchev–Trinajstić information content (AvgIpc) is 2.29. The lowest BCUT2D eigenvalue weighted by Gasteiger charge is -2.15. The number of ether oxygens (including phenoxy) is 1. The van der Waals surface area contributed by atoms with Gasteiger partial charge in [0.15, 0.2) is 0 Å². The second-order valence-corrected chi connectivity index (χ2v) is 4.46. The molecule has 112 valence electrons. The Morgan fingerprint density at radius 3 is 2.50 bits per heavy atom. The van der Waals surface area contributed by atoms with E-state index in [4.69, 9.17) is 10.5 Å². The lowest BCUT2D eigenvalue weighted by Crippen LogP contribution is -2.36. The normalized spacial score (nSPS) is 12.8. The van der Waals surface area contributed by atoms with Gasteiger partial charge in [-0.05, 0) is 31.2 Å². The first-order valence-electron chi connectivity index (χ1n) is 6.11. The molecule has 20 heavy (non-hydrogen) atoms. The van der Waals surface area contributed by atoms with Gasteiger partial charge >= 0.3 is 6.18 Å². The lowest BCUT2D eigenvalue weighted by atomic mass is 10.2. The fourth-order valence-corrected chi connectivity index (χ4v) is 1.57. The summed E-state index contributed by atoms with van der Waals surface area (Å²) in [5.41, 5.74) is 6.09. The summed E-state index contributed by atoms with van der Waals surface area (Å²) in [5, 5.41) is 2.27. The monoisotopic (exact) mass is 290 g/mol. The van der Waals surface area contributed by atoms with E-state index < -0.39 is 24.5 Å². The van der Waals surface area contributed by atoms with Crippen LogP contribution < -0.4 is 15.8 Å². The molecule has 1 amide bonds. The summed E-state index contributed by atoms with van der Waals surface area (Å²) >= 11 is 0. The summed E-state index contributed by atoms with van der Waals surface area (Å²) in [6.07, 6.45) is -5.34. The molecule has 0 heterocycles. The van der Waals surface area contributed by atoms with Crippen molar-refractivity contribution in [3.8, 4) is 5.75 Å². The molecule has 0 radical (unpaired) electrons. The molecule has 0 aliphatic heterocycles. The highest BCUT2D eigenvalue weighted by atomic mass is 19.4. The SMILES string of the molecule is CC(CC(F)(F)F)NC(=O)CCOc1ccc(N)cc1. The van der Waals surface area contributed by atoms with Gasteiger partial charge in [-0.25, -0.2) is 0 Å². The molecule has 0 fully saturated rings. The molecule has 1 unspecified atom stereocenters. The van der Waals surface area contributed by atoms with E-state index in [-0.39, 0.29) is 13.0 Å². The van der Waals surface area contributed by atoms with E-state index >= 15 is 0 Å². The van der Waals surface area contributed by atoms with Crippen LogP contribution in [0.4, 0.5) is 18.9 Å². The predicted molar refractivity (Wildman–Crippen MR) is 69.2 cm³/mol. The number of rotatable bonds is 6. The number of nitrogens with two attached hydrogens (primary N) is 1. The number of halogens is 3. The zero-order valence-electron chi connectivity index (χ0n) is 11.0. The minimum absolute atomic E-state index is 0.00737. The van der Waals surface area contributed by atoms with Crippen LogP contribution in [0.3, 0.4) is 0 Å². The molecular weight excluding hydrogens is 273 g/mol. The van der Waals surface area contributed by atoms with Crippen molar-refractivity contribution in [1.82, 2.24) is 5.32 Å². The van der Waals surface area contributed by atoms with E-state index in [9.17, 15) is 18.0 Å². The summed E-state index contributed by atoms with van der Waals surface area (Å²) in [6, 6.07) is 5.67. The zero-order valence-corrected chi connectivity index (χ0v) is 11.0. The van der Waals surface area contributed by atoms with Crippen molar-refractivity contribution >= 4 is 11.6 Å². The van der Waals surface area contributed by atoms with Gasteiger partial charge < -0.3 is 15.8 Å². The molecule has 0 aliphatic carbocycles. The molecule has 1 aromatic carbocycles. The van der Waals surface area contributed by atoms with E-state index in [1.807, 2.05) is 0 Å². The third-order valence-corrected chi connectivity index (χ3v) is 2.42. The Bertz CT molecular complexity index is 432. The third kappa shape index (κ3) is 6.86. The van der Waals surface area contributed by atoms with Crippen LogP contribution in [-0.2, 0) is 4.79 Å². The Labute approximate surface area is 115 Å². The van der Waals surface area contributed by atoms with Crippen molar-refractivity contribution in [2.45, 2.75) is 32.0 Å². The molecule has 0 saturated heterocycles. The van der Waals surface area contributed by atoms with Crippen LogP contribution >= 0.6 is 0 Å². The van der Waals surface area contributed by atoms with Gasteiger partial charge in [0.05, 0.1) is 19.4 Å². The van der Waals surface area contributed by atoms with Gasteiger partial charge in [-0.15, -0.1) is 0 Å². The van der Waals surface area contributed by atoms with E-state index in [1.165, 1.54) is 6.92 Å². The molecule has 4 nitrogen and oxygen atoms in total. The lowest BCUT2D eigenvalue weighted by molar-refractivity contribution is -0.141. The number of benzene rings is 1. The summed E-state index contributed by atoms with van der Waals surface area (Å²) in [6.45, 7) is 1.40. The molecule has 1 rings (SSSR count). The molecule has 0 saturated carbocycles. The van der Waals surface area contributed by atoms with E-state index in [1.54, 1.807) is 24.3 Å². The molecule has 3 N–H and O–H groups in total. The van der Waals surface area contributed by atoms with Gasteiger partial charge in [-0.1, -0.05) is 0 Å². The van der Waals surface area contributed by atoms with E-state index in [2.05, 4.69) is 5.32 Å². The van der Waals surface area contributed by atoms with Crippen molar-refractivity contribution in [3.63, 3.8) is 0 Å². The second kappa shape index (κ2) is 7.02. The molecule has 0 bridgehead atoms.